The first kappa shape index (κ1) is 10.6. The molecule has 1 saturated carbocycles. The van der Waals surface area contributed by atoms with Gasteiger partial charge in [-0.15, -0.1) is 0 Å². The van der Waals surface area contributed by atoms with Crippen LogP contribution in [0.2, 0.25) is 0 Å². The van der Waals surface area contributed by atoms with Crippen LogP contribution in [0.25, 0.3) is 0 Å². The quantitative estimate of drug-likeness (QED) is 0.789. The van der Waals surface area contributed by atoms with E-state index < -0.39 is 0 Å². The summed E-state index contributed by atoms with van der Waals surface area (Å²) in [6, 6.07) is 10.5. The fraction of sp³-hybridized carbons (Fsp3) is 0.500. The molecule has 1 aliphatic carbocycles. The smallest absolute Gasteiger partial charge is 0.314 e. The molecule has 2 N–H and O–H groups in total. The highest BCUT2D eigenvalue weighted by Gasteiger charge is 2.42. The second-order valence-corrected chi connectivity index (χ2v) is 5.34. The van der Waals surface area contributed by atoms with Gasteiger partial charge in [-0.3, -0.25) is 0 Å². The number of hydrogen-bond donors (Lipinski definition) is 1. The van der Waals surface area contributed by atoms with Gasteiger partial charge in [0.1, 0.15) is 0 Å². The molecule has 3 rings (SSSR count). The third kappa shape index (κ3) is 1.90. The standard InChI is InChI=1S/C14H18N2O/c15-14(17)16-8-12-6-11(7-13(12)9-16)10-4-2-1-3-5-10/h1-5,11-13H,6-9H2,(H2,15,17). The van der Waals surface area contributed by atoms with Crippen LogP contribution in [0.4, 0.5) is 4.79 Å². The number of benzene rings is 1. The van der Waals surface area contributed by atoms with E-state index in [1.54, 1.807) is 4.90 Å². The number of urea groups is 1. The van der Waals surface area contributed by atoms with E-state index >= 15 is 0 Å². The van der Waals surface area contributed by atoms with Gasteiger partial charge in [-0.25, -0.2) is 4.79 Å². The Bertz CT molecular complexity index is 403. The summed E-state index contributed by atoms with van der Waals surface area (Å²) in [5.74, 6) is 2.00. The van der Waals surface area contributed by atoms with Crippen molar-refractivity contribution in [2.75, 3.05) is 13.1 Å². The van der Waals surface area contributed by atoms with Crippen LogP contribution in [-0.4, -0.2) is 24.0 Å². The monoisotopic (exact) mass is 230 g/mol. The zero-order chi connectivity index (χ0) is 11.8. The maximum absolute atomic E-state index is 11.1. The molecule has 2 amide bonds. The highest BCUT2D eigenvalue weighted by Crippen LogP contribution is 2.45. The molecule has 1 aliphatic heterocycles. The van der Waals surface area contributed by atoms with E-state index in [0.717, 1.165) is 13.1 Å². The number of carbonyl (C=O) groups is 1. The minimum absolute atomic E-state index is 0.254. The van der Waals surface area contributed by atoms with Crippen LogP contribution in [0.15, 0.2) is 30.3 Å². The van der Waals surface area contributed by atoms with Crippen LogP contribution < -0.4 is 5.73 Å². The fourth-order valence-corrected chi connectivity index (χ4v) is 3.48. The molecule has 17 heavy (non-hydrogen) atoms. The van der Waals surface area contributed by atoms with Gasteiger partial charge in [0.25, 0.3) is 0 Å². The molecule has 90 valence electrons. The molecule has 2 aliphatic rings. The van der Waals surface area contributed by atoms with E-state index in [1.807, 2.05) is 0 Å². The summed E-state index contributed by atoms with van der Waals surface area (Å²) in [5.41, 5.74) is 6.79. The lowest BCUT2D eigenvalue weighted by atomic mass is 9.96. The zero-order valence-electron chi connectivity index (χ0n) is 9.88. The second-order valence-electron chi connectivity index (χ2n) is 5.34. The number of nitrogens with zero attached hydrogens (tertiary/aromatic N) is 1. The van der Waals surface area contributed by atoms with Gasteiger partial charge in [0.2, 0.25) is 0 Å². The summed E-state index contributed by atoms with van der Waals surface area (Å²) in [5, 5.41) is 0. The summed E-state index contributed by atoms with van der Waals surface area (Å²) in [6.07, 6.45) is 2.41. The third-order valence-electron chi connectivity index (χ3n) is 4.33. The Morgan fingerprint density at radius 3 is 2.24 bits per heavy atom. The van der Waals surface area contributed by atoms with Crippen molar-refractivity contribution in [2.45, 2.75) is 18.8 Å². The Labute approximate surface area is 102 Å². The maximum Gasteiger partial charge on any atom is 0.314 e. The number of fused-ring (bicyclic) bond motifs is 1. The molecular formula is C14H18N2O. The lowest BCUT2D eigenvalue weighted by Gasteiger charge is -2.17. The highest BCUT2D eigenvalue weighted by atomic mass is 16.2. The second kappa shape index (κ2) is 4.06. The van der Waals surface area contributed by atoms with E-state index in [9.17, 15) is 4.79 Å². The van der Waals surface area contributed by atoms with E-state index in [0.29, 0.717) is 17.8 Å². The molecule has 3 heteroatoms. The van der Waals surface area contributed by atoms with Gasteiger partial charge in [-0.1, -0.05) is 30.3 Å². The van der Waals surface area contributed by atoms with Crippen molar-refractivity contribution >= 4 is 6.03 Å². The Morgan fingerprint density at radius 1 is 1.12 bits per heavy atom. The number of carbonyl (C=O) groups excluding carboxylic acids is 1. The van der Waals surface area contributed by atoms with E-state index in [2.05, 4.69) is 30.3 Å². The van der Waals surface area contributed by atoms with Crippen molar-refractivity contribution in [3.63, 3.8) is 0 Å². The van der Waals surface area contributed by atoms with Gasteiger partial charge < -0.3 is 10.6 Å². The first-order chi connectivity index (χ1) is 8.24. The molecule has 0 aromatic heterocycles. The number of primary amides is 1. The number of amides is 2. The fourth-order valence-electron chi connectivity index (χ4n) is 3.48. The predicted molar refractivity (Wildman–Crippen MR) is 66.6 cm³/mol. The van der Waals surface area contributed by atoms with Gasteiger partial charge in [0.15, 0.2) is 0 Å². The summed E-state index contributed by atoms with van der Waals surface area (Å²) >= 11 is 0. The van der Waals surface area contributed by atoms with Crippen LogP contribution in [0.1, 0.15) is 24.3 Å². The van der Waals surface area contributed by atoms with Gasteiger partial charge in [0.05, 0.1) is 0 Å². The SMILES string of the molecule is NC(=O)N1CC2CC(c3ccccc3)CC2C1. The molecule has 1 heterocycles. The summed E-state index contributed by atoms with van der Waals surface area (Å²) in [7, 11) is 0. The molecule has 0 spiro atoms. The van der Waals surface area contributed by atoms with Crippen molar-refractivity contribution in [3.05, 3.63) is 35.9 Å². The predicted octanol–water partition coefficient (Wildman–Crippen LogP) is 2.19. The van der Waals surface area contributed by atoms with Crippen molar-refractivity contribution in [1.29, 1.82) is 0 Å². The van der Waals surface area contributed by atoms with Gasteiger partial charge in [0, 0.05) is 13.1 Å². The topological polar surface area (TPSA) is 46.3 Å². The Morgan fingerprint density at radius 2 is 1.71 bits per heavy atom. The van der Waals surface area contributed by atoms with Crippen LogP contribution in [0.3, 0.4) is 0 Å². The Balaban J connectivity index is 1.68. The van der Waals surface area contributed by atoms with Crippen molar-refractivity contribution < 1.29 is 4.79 Å². The Hall–Kier alpha value is -1.51. The average molecular weight is 230 g/mol. The van der Waals surface area contributed by atoms with Crippen LogP contribution in [0.5, 0.6) is 0 Å². The molecule has 2 unspecified atom stereocenters. The minimum Gasteiger partial charge on any atom is -0.351 e. The van der Waals surface area contributed by atoms with Crippen molar-refractivity contribution in [2.24, 2.45) is 17.6 Å². The first-order valence-electron chi connectivity index (χ1n) is 6.33. The summed E-state index contributed by atoms with van der Waals surface area (Å²) in [4.78, 5) is 12.9. The van der Waals surface area contributed by atoms with E-state index in [1.165, 1.54) is 18.4 Å². The van der Waals surface area contributed by atoms with Crippen molar-refractivity contribution in [3.8, 4) is 0 Å². The maximum atomic E-state index is 11.1. The number of rotatable bonds is 1. The summed E-state index contributed by atoms with van der Waals surface area (Å²) in [6.45, 7) is 1.73. The van der Waals surface area contributed by atoms with Crippen LogP contribution >= 0.6 is 0 Å². The molecule has 1 aromatic rings. The van der Waals surface area contributed by atoms with Crippen molar-refractivity contribution in [1.82, 2.24) is 4.90 Å². The van der Waals surface area contributed by atoms with Gasteiger partial charge >= 0.3 is 6.03 Å². The molecular weight excluding hydrogens is 212 g/mol. The summed E-state index contributed by atoms with van der Waals surface area (Å²) < 4.78 is 0. The van der Waals surface area contributed by atoms with E-state index in [-0.39, 0.29) is 6.03 Å². The molecule has 0 bridgehead atoms. The molecule has 1 saturated heterocycles. The molecule has 0 radical (unpaired) electrons. The molecule has 2 fully saturated rings. The van der Waals surface area contributed by atoms with E-state index in [4.69, 9.17) is 5.73 Å². The molecule has 2 atom stereocenters. The van der Waals surface area contributed by atoms with Gasteiger partial charge in [-0.05, 0) is 36.2 Å². The third-order valence-corrected chi connectivity index (χ3v) is 4.33. The lowest BCUT2D eigenvalue weighted by Crippen LogP contribution is -2.34. The Kier molecular flexibility index (Phi) is 2.54. The zero-order valence-corrected chi connectivity index (χ0v) is 9.88. The normalized spacial score (nSPS) is 31.5. The number of nitrogens with two attached hydrogens (primary N) is 1. The molecule has 3 nitrogen and oxygen atoms in total. The molecule has 1 aromatic carbocycles. The van der Waals surface area contributed by atoms with Gasteiger partial charge in [-0.2, -0.15) is 0 Å². The number of hydrogen-bond acceptors (Lipinski definition) is 1. The highest BCUT2D eigenvalue weighted by molar-refractivity contribution is 5.72. The first-order valence-corrected chi connectivity index (χ1v) is 6.33. The number of likely N-dealkylation sites (tertiary alicyclic amines) is 1. The van der Waals surface area contributed by atoms with Crippen LogP contribution in [-0.2, 0) is 0 Å². The lowest BCUT2D eigenvalue weighted by molar-refractivity contribution is 0.214. The average Bonchev–Trinajstić information content (AvgIpc) is 2.87. The minimum atomic E-state index is -0.254. The van der Waals surface area contributed by atoms with Crippen LogP contribution in [0, 0.1) is 11.8 Å². The largest absolute Gasteiger partial charge is 0.351 e.